The summed E-state index contributed by atoms with van der Waals surface area (Å²) in [4.78, 5) is 26.9. The van der Waals surface area contributed by atoms with Gasteiger partial charge in [0.05, 0.1) is 17.3 Å². The third kappa shape index (κ3) is 3.50. The van der Waals surface area contributed by atoms with Crippen molar-refractivity contribution in [2.24, 2.45) is 0 Å². The van der Waals surface area contributed by atoms with Crippen molar-refractivity contribution in [3.05, 3.63) is 106 Å². The minimum absolute atomic E-state index is 0.178. The van der Waals surface area contributed by atoms with Gasteiger partial charge < -0.3 is 5.11 Å². The minimum atomic E-state index is -1.11. The third-order valence-electron chi connectivity index (χ3n) is 5.51. The van der Waals surface area contributed by atoms with E-state index in [1.54, 1.807) is 48.5 Å². The first-order valence-corrected chi connectivity index (χ1v) is 9.68. The predicted octanol–water partition coefficient (Wildman–Crippen LogP) is 5.21. The SMILES string of the molecule is Cc1ccc(/C(O)=C2\C(=O)C(=O)N(c3cc(F)ccc3F)C2c2ccccc2)cc1C. The van der Waals surface area contributed by atoms with Crippen molar-refractivity contribution in [3.8, 4) is 0 Å². The van der Waals surface area contributed by atoms with Crippen LogP contribution in [0.25, 0.3) is 5.76 Å². The maximum atomic E-state index is 14.6. The van der Waals surface area contributed by atoms with Gasteiger partial charge >= 0.3 is 0 Å². The van der Waals surface area contributed by atoms with Crippen LogP contribution >= 0.6 is 0 Å². The second kappa shape index (κ2) is 7.80. The Morgan fingerprint density at radius 2 is 1.61 bits per heavy atom. The molecule has 0 aromatic heterocycles. The molecule has 1 heterocycles. The number of aryl methyl sites for hydroxylation is 2. The highest BCUT2D eigenvalue weighted by Crippen LogP contribution is 2.43. The van der Waals surface area contributed by atoms with Crippen LogP contribution in [0.4, 0.5) is 14.5 Å². The van der Waals surface area contributed by atoms with Gasteiger partial charge in [-0.2, -0.15) is 0 Å². The number of aliphatic hydroxyl groups excluding tert-OH is 1. The first-order chi connectivity index (χ1) is 14.8. The summed E-state index contributed by atoms with van der Waals surface area (Å²) in [6.07, 6.45) is 0. The number of amides is 1. The average molecular weight is 419 g/mol. The van der Waals surface area contributed by atoms with Crippen LogP contribution in [0.3, 0.4) is 0 Å². The van der Waals surface area contributed by atoms with Gasteiger partial charge in [0, 0.05) is 11.6 Å². The number of carbonyl (C=O) groups excluding carboxylic acids is 2. The summed E-state index contributed by atoms with van der Waals surface area (Å²) in [5, 5.41) is 11.1. The molecule has 1 amide bonds. The Hall–Kier alpha value is -3.80. The van der Waals surface area contributed by atoms with Crippen LogP contribution in [0.2, 0.25) is 0 Å². The van der Waals surface area contributed by atoms with Gasteiger partial charge in [-0.15, -0.1) is 0 Å². The average Bonchev–Trinajstić information content (AvgIpc) is 3.02. The molecule has 1 atom stereocenters. The zero-order chi connectivity index (χ0) is 22.3. The van der Waals surface area contributed by atoms with E-state index < -0.39 is 29.4 Å². The zero-order valence-electron chi connectivity index (χ0n) is 16.9. The Morgan fingerprint density at radius 1 is 0.903 bits per heavy atom. The molecule has 0 bridgehead atoms. The lowest BCUT2D eigenvalue weighted by Gasteiger charge is -2.25. The largest absolute Gasteiger partial charge is 0.507 e. The van der Waals surface area contributed by atoms with E-state index in [1.807, 2.05) is 13.8 Å². The maximum Gasteiger partial charge on any atom is 0.300 e. The van der Waals surface area contributed by atoms with Crippen molar-refractivity contribution in [2.75, 3.05) is 4.90 Å². The van der Waals surface area contributed by atoms with E-state index in [9.17, 15) is 23.5 Å². The fourth-order valence-electron chi connectivity index (χ4n) is 3.75. The van der Waals surface area contributed by atoms with Gasteiger partial charge in [0.1, 0.15) is 17.4 Å². The normalized spacial score (nSPS) is 17.9. The summed E-state index contributed by atoms with van der Waals surface area (Å²) >= 11 is 0. The highest BCUT2D eigenvalue weighted by atomic mass is 19.1. The molecule has 1 unspecified atom stereocenters. The van der Waals surface area contributed by atoms with Crippen molar-refractivity contribution in [1.29, 1.82) is 0 Å². The number of hydrogen-bond acceptors (Lipinski definition) is 3. The number of hydrogen-bond donors (Lipinski definition) is 1. The van der Waals surface area contributed by atoms with Gasteiger partial charge in [-0.1, -0.05) is 42.5 Å². The van der Waals surface area contributed by atoms with Gasteiger partial charge in [-0.05, 0) is 48.7 Å². The van der Waals surface area contributed by atoms with E-state index in [-0.39, 0.29) is 17.0 Å². The molecular weight excluding hydrogens is 400 g/mol. The molecule has 3 aromatic rings. The molecule has 0 aliphatic carbocycles. The molecule has 156 valence electrons. The molecule has 6 heteroatoms. The number of carbonyl (C=O) groups is 2. The standard InChI is InChI=1S/C25H19F2NO3/c1-14-8-9-17(12-15(14)2)23(29)21-22(16-6-4-3-5-7-16)28(25(31)24(21)30)20-13-18(26)10-11-19(20)27/h3-13,22,29H,1-2H3/b23-21+. The van der Waals surface area contributed by atoms with Crippen LogP contribution < -0.4 is 4.90 Å². The monoisotopic (exact) mass is 419 g/mol. The van der Waals surface area contributed by atoms with E-state index >= 15 is 0 Å². The first-order valence-electron chi connectivity index (χ1n) is 9.68. The smallest absolute Gasteiger partial charge is 0.300 e. The quantitative estimate of drug-likeness (QED) is 0.360. The number of benzene rings is 3. The van der Waals surface area contributed by atoms with Crippen LogP contribution in [0, 0.1) is 25.5 Å². The molecule has 31 heavy (non-hydrogen) atoms. The van der Waals surface area contributed by atoms with Crippen molar-refractivity contribution in [1.82, 2.24) is 0 Å². The molecule has 4 nitrogen and oxygen atoms in total. The van der Waals surface area contributed by atoms with Crippen molar-refractivity contribution in [3.63, 3.8) is 0 Å². The number of aliphatic hydroxyl groups is 1. The molecule has 3 aromatic carbocycles. The molecule has 1 fully saturated rings. The van der Waals surface area contributed by atoms with E-state index in [0.29, 0.717) is 11.1 Å². The van der Waals surface area contributed by atoms with Crippen LogP contribution in [-0.2, 0) is 9.59 Å². The van der Waals surface area contributed by atoms with Gasteiger partial charge in [0.25, 0.3) is 11.7 Å². The Bertz CT molecular complexity index is 1230. The molecule has 1 aliphatic heterocycles. The summed E-state index contributed by atoms with van der Waals surface area (Å²) in [6, 6.07) is 15.2. The lowest BCUT2D eigenvalue weighted by Crippen LogP contribution is -2.30. The second-order valence-electron chi connectivity index (χ2n) is 7.47. The number of Topliss-reactive ketones (excluding diaryl/α,β-unsaturated/α-hetero) is 1. The van der Waals surface area contributed by atoms with Crippen LogP contribution in [0.5, 0.6) is 0 Å². The second-order valence-corrected chi connectivity index (χ2v) is 7.47. The lowest BCUT2D eigenvalue weighted by molar-refractivity contribution is -0.132. The van der Waals surface area contributed by atoms with Crippen LogP contribution in [0.1, 0.15) is 28.3 Å². The van der Waals surface area contributed by atoms with E-state index in [1.165, 1.54) is 0 Å². The summed E-state index contributed by atoms with van der Waals surface area (Å²) in [7, 11) is 0. The molecular formula is C25H19F2NO3. The maximum absolute atomic E-state index is 14.6. The Labute approximate surface area is 178 Å². The minimum Gasteiger partial charge on any atom is -0.507 e. The summed E-state index contributed by atoms with van der Waals surface area (Å²) in [5.41, 5.74) is 2.19. The number of anilines is 1. The summed E-state index contributed by atoms with van der Waals surface area (Å²) in [6.45, 7) is 3.77. The third-order valence-corrected chi connectivity index (χ3v) is 5.51. The number of rotatable bonds is 3. The van der Waals surface area contributed by atoms with E-state index in [2.05, 4.69) is 0 Å². The van der Waals surface area contributed by atoms with Crippen molar-refractivity contribution in [2.45, 2.75) is 19.9 Å². The number of halogens is 2. The first kappa shape index (κ1) is 20.5. The van der Waals surface area contributed by atoms with E-state index in [4.69, 9.17) is 0 Å². The molecule has 1 aliphatic rings. The number of nitrogens with zero attached hydrogens (tertiary/aromatic N) is 1. The van der Waals surface area contributed by atoms with Crippen molar-refractivity contribution < 1.29 is 23.5 Å². The Morgan fingerprint density at radius 3 is 2.29 bits per heavy atom. The number of ketones is 1. The molecule has 0 saturated carbocycles. The molecule has 0 radical (unpaired) electrons. The van der Waals surface area contributed by atoms with Crippen molar-refractivity contribution >= 4 is 23.1 Å². The van der Waals surface area contributed by atoms with Gasteiger partial charge in [-0.25, -0.2) is 8.78 Å². The van der Waals surface area contributed by atoms with Gasteiger partial charge in [0.15, 0.2) is 0 Å². The topological polar surface area (TPSA) is 57.6 Å². The predicted molar refractivity (Wildman–Crippen MR) is 113 cm³/mol. The summed E-state index contributed by atoms with van der Waals surface area (Å²) < 4.78 is 28.5. The Kier molecular flexibility index (Phi) is 5.15. The molecule has 0 spiro atoms. The molecule has 1 N–H and O–H groups in total. The van der Waals surface area contributed by atoms with Gasteiger partial charge in [0.2, 0.25) is 0 Å². The lowest BCUT2D eigenvalue weighted by atomic mass is 9.94. The van der Waals surface area contributed by atoms with E-state index in [0.717, 1.165) is 34.2 Å². The highest BCUT2D eigenvalue weighted by molar-refractivity contribution is 6.51. The fourth-order valence-corrected chi connectivity index (χ4v) is 3.75. The summed E-state index contributed by atoms with van der Waals surface area (Å²) in [5.74, 6) is -3.97. The fraction of sp³-hybridized carbons (Fsp3) is 0.120. The zero-order valence-corrected chi connectivity index (χ0v) is 16.9. The van der Waals surface area contributed by atoms with Crippen LogP contribution in [-0.4, -0.2) is 16.8 Å². The van der Waals surface area contributed by atoms with Gasteiger partial charge in [-0.3, -0.25) is 14.5 Å². The molecule has 1 saturated heterocycles. The molecule has 4 rings (SSSR count). The Balaban J connectivity index is 1.98. The van der Waals surface area contributed by atoms with Crippen LogP contribution in [0.15, 0.2) is 72.3 Å². The highest BCUT2D eigenvalue weighted by Gasteiger charge is 2.47.